The van der Waals surface area contributed by atoms with Gasteiger partial charge in [-0.15, -0.1) is 0 Å². The van der Waals surface area contributed by atoms with Crippen LogP contribution in [0.5, 0.6) is 5.75 Å². The number of ketones is 1. The molecule has 0 aliphatic heterocycles. The summed E-state index contributed by atoms with van der Waals surface area (Å²) in [6.45, 7) is -3.15. The van der Waals surface area contributed by atoms with Crippen LogP contribution < -0.4 is 4.74 Å². The molecule has 0 saturated heterocycles. The molecule has 0 spiro atoms. The molecule has 0 atom stereocenters. The average molecular weight is 251 g/mol. The molecule has 0 amide bonds. The van der Waals surface area contributed by atoms with E-state index in [0.717, 1.165) is 12.1 Å². The van der Waals surface area contributed by atoms with Crippen molar-refractivity contribution in [3.63, 3.8) is 0 Å². The third kappa shape index (κ3) is 2.90. The Hall–Kier alpha value is -1.69. The molecule has 0 unspecified atom stereocenters. The van der Waals surface area contributed by atoms with E-state index in [1.807, 2.05) is 0 Å². The molecule has 16 heavy (non-hydrogen) atoms. The van der Waals surface area contributed by atoms with Gasteiger partial charge in [0.15, 0.2) is 0 Å². The maximum atomic E-state index is 12.0. The third-order valence-electron chi connectivity index (χ3n) is 1.60. The number of carbonyl (C=O) groups is 2. The lowest BCUT2D eigenvalue weighted by Crippen LogP contribution is -2.15. The quantitative estimate of drug-likeness (QED) is 0.657. The molecule has 1 rings (SSSR count). The topological polar surface area (TPSA) is 63.6 Å². The lowest BCUT2D eigenvalue weighted by molar-refractivity contribution is -0.131. The van der Waals surface area contributed by atoms with Gasteiger partial charge in [-0.05, 0) is 18.2 Å². The van der Waals surface area contributed by atoms with Crippen LogP contribution in [0.25, 0.3) is 0 Å². The summed E-state index contributed by atoms with van der Waals surface area (Å²) in [5.74, 6) is -3.66. The molecule has 1 aromatic rings. The normalized spacial score (nSPS) is 10.2. The van der Waals surface area contributed by atoms with Gasteiger partial charge in [-0.3, -0.25) is 4.79 Å². The van der Waals surface area contributed by atoms with Crippen molar-refractivity contribution in [2.24, 2.45) is 0 Å². The number of hydrogen-bond donors (Lipinski definition) is 1. The van der Waals surface area contributed by atoms with Crippen LogP contribution in [0.1, 0.15) is 10.4 Å². The standard InChI is InChI=1S/C9H5ClF2O4/c10-4-1-2-6(16-9(11)12)5(3-4)7(13)8(14)15/h1-3,9H,(H,14,15). The van der Waals surface area contributed by atoms with Crippen molar-refractivity contribution in [2.75, 3.05) is 0 Å². The molecule has 0 aromatic heterocycles. The van der Waals surface area contributed by atoms with Gasteiger partial charge in [0.2, 0.25) is 0 Å². The summed E-state index contributed by atoms with van der Waals surface area (Å²) in [5, 5.41) is 8.50. The molecule has 0 bridgehead atoms. The fourth-order valence-corrected chi connectivity index (χ4v) is 1.17. The summed E-state index contributed by atoms with van der Waals surface area (Å²) in [5.41, 5.74) is -0.514. The Bertz CT molecular complexity index is 434. The van der Waals surface area contributed by atoms with E-state index in [9.17, 15) is 18.4 Å². The molecule has 0 radical (unpaired) electrons. The Balaban J connectivity index is 3.17. The van der Waals surface area contributed by atoms with Gasteiger partial charge in [-0.25, -0.2) is 4.79 Å². The zero-order valence-electron chi connectivity index (χ0n) is 7.62. The van der Waals surface area contributed by atoms with Gasteiger partial charge in [-0.2, -0.15) is 8.78 Å². The number of rotatable bonds is 4. The number of ether oxygens (including phenoxy) is 1. The SMILES string of the molecule is O=C(O)C(=O)c1cc(Cl)ccc1OC(F)F. The van der Waals surface area contributed by atoms with Crippen molar-refractivity contribution in [2.45, 2.75) is 6.61 Å². The minimum Gasteiger partial charge on any atom is -0.475 e. The van der Waals surface area contributed by atoms with Gasteiger partial charge >= 0.3 is 12.6 Å². The molecule has 1 aromatic carbocycles. The van der Waals surface area contributed by atoms with E-state index in [1.54, 1.807) is 0 Å². The van der Waals surface area contributed by atoms with Crippen LogP contribution in [0.3, 0.4) is 0 Å². The highest BCUT2D eigenvalue weighted by Crippen LogP contribution is 2.25. The zero-order chi connectivity index (χ0) is 12.3. The Morgan fingerprint density at radius 3 is 2.50 bits per heavy atom. The largest absolute Gasteiger partial charge is 0.475 e. The molecule has 0 aliphatic carbocycles. The summed E-state index contributed by atoms with van der Waals surface area (Å²) in [4.78, 5) is 21.5. The first-order valence-electron chi connectivity index (χ1n) is 3.94. The van der Waals surface area contributed by atoms with E-state index >= 15 is 0 Å². The third-order valence-corrected chi connectivity index (χ3v) is 1.83. The summed E-state index contributed by atoms with van der Waals surface area (Å²) < 4.78 is 27.9. The lowest BCUT2D eigenvalue weighted by Gasteiger charge is -2.08. The summed E-state index contributed by atoms with van der Waals surface area (Å²) >= 11 is 5.51. The molecule has 0 heterocycles. The van der Waals surface area contributed by atoms with Crippen molar-refractivity contribution in [3.05, 3.63) is 28.8 Å². The Morgan fingerprint density at radius 2 is 2.00 bits per heavy atom. The second-order valence-corrected chi connectivity index (χ2v) is 3.09. The molecule has 0 fully saturated rings. The van der Waals surface area contributed by atoms with E-state index in [1.165, 1.54) is 6.07 Å². The van der Waals surface area contributed by atoms with E-state index in [4.69, 9.17) is 16.7 Å². The van der Waals surface area contributed by atoms with Crippen LogP contribution in [0.4, 0.5) is 8.78 Å². The van der Waals surface area contributed by atoms with Crippen LogP contribution in [-0.4, -0.2) is 23.5 Å². The first-order valence-corrected chi connectivity index (χ1v) is 4.31. The number of carboxylic acids is 1. The van der Waals surface area contributed by atoms with Gasteiger partial charge in [0, 0.05) is 5.02 Å². The molecular weight excluding hydrogens is 246 g/mol. The number of hydrogen-bond acceptors (Lipinski definition) is 3. The predicted octanol–water partition coefficient (Wildman–Crippen LogP) is 2.21. The predicted molar refractivity (Wildman–Crippen MR) is 50.1 cm³/mol. The number of aliphatic carboxylic acids is 1. The second kappa shape index (κ2) is 4.89. The molecule has 7 heteroatoms. The first kappa shape index (κ1) is 12.4. The summed E-state index contributed by atoms with van der Waals surface area (Å²) in [6, 6.07) is 3.16. The van der Waals surface area contributed by atoms with E-state index in [0.29, 0.717) is 0 Å². The Morgan fingerprint density at radius 1 is 1.38 bits per heavy atom. The molecule has 86 valence electrons. The number of halogens is 3. The second-order valence-electron chi connectivity index (χ2n) is 2.65. The van der Waals surface area contributed by atoms with Gasteiger partial charge in [0.25, 0.3) is 5.78 Å². The zero-order valence-corrected chi connectivity index (χ0v) is 8.37. The monoisotopic (exact) mass is 250 g/mol. The van der Waals surface area contributed by atoms with Crippen molar-refractivity contribution in [1.82, 2.24) is 0 Å². The fraction of sp³-hybridized carbons (Fsp3) is 0.111. The van der Waals surface area contributed by atoms with Crippen molar-refractivity contribution >= 4 is 23.4 Å². The van der Waals surface area contributed by atoms with Crippen molar-refractivity contribution < 1.29 is 28.2 Å². The number of alkyl halides is 2. The van der Waals surface area contributed by atoms with Crippen molar-refractivity contribution in [1.29, 1.82) is 0 Å². The summed E-state index contributed by atoms with van der Waals surface area (Å²) in [7, 11) is 0. The van der Waals surface area contributed by atoms with Crippen LogP contribution in [0.15, 0.2) is 18.2 Å². The van der Waals surface area contributed by atoms with Crippen LogP contribution >= 0.6 is 11.6 Å². The smallest absolute Gasteiger partial charge is 0.387 e. The highest BCUT2D eigenvalue weighted by molar-refractivity contribution is 6.41. The minimum atomic E-state index is -3.15. The van der Waals surface area contributed by atoms with E-state index < -0.39 is 29.7 Å². The average Bonchev–Trinajstić information content (AvgIpc) is 2.18. The number of Topliss-reactive ketones (excluding diaryl/α,β-unsaturated/α-hetero) is 1. The Kier molecular flexibility index (Phi) is 3.78. The highest BCUT2D eigenvalue weighted by Gasteiger charge is 2.21. The van der Waals surface area contributed by atoms with Crippen LogP contribution in [0.2, 0.25) is 5.02 Å². The maximum absolute atomic E-state index is 12.0. The van der Waals surface area contributed by atoms with Gasteiger partial charge < -0.3 is 9.84 Å². The summed E-state index contributed by atoms with van der Waals surface area (Å²) in [6.07, 6.45) is 0. The molecule has 0 aliphatic rings. The highest BCUT2D eigenvalue weighted by atomic mass is 35.5. The van der Waals surface area contributed by atoms with Gasteiger partial charge in [0.05, 0.1) is 5.56 Å². The molecule has 1 N–H and O–H groups in total. The van der Waals surface area contributed by atoms with E-state index in [2.05, 4.69) is 4.74 Å². The minimum absolute atomic E-state index is 0.0474. The van der Waals surface area contributed by atoms with Gasteiger partial charge in [-0.1, -0.05) is 11.6 Å². The van der Waals surface area contributed by atoms with Gasteiger partial charge in [0.1, 0.15) is 5.75 Å². The fourth-order valence-electron chi connectivity index (χ4n) is 0.994. The lowest BCUT2D eigenvalue weighted by atomic mass is 10.1. The van der Waals surface area contributed by atoms with E-state index in [-0.39, 0.29) is 5.02 Å². The molecule has 0 saturated carbocycles. The number of carbonyl (C=O) groups excluding carboxylic acids is 1. The van der Waals surface area contributed by atoms with Crippen LogP contribution in [-0.2, 0) is 4.79 Å². The maximum Gasteiger partial charge on any atom is 0.387 e. The number of carboxylic acid groups (broad SMARTS) is 1. The number of benzene rings is 1. The first-order chi connectivity index (χ1) is 7.41. The van der Waals surface area contributed by atoms with Crippen molar-refractivity contribution in [3.8, 4) is 5.75 Å². The Labute approximate surface area is 93.4 Å². The van der Waals surface area contributed by atoms with Crippen LogP contribution in [0, 0.1) is 0 Å². The molecular formula is C9H5ClF2O4. The molecule has 4 nitrogen and oxygen atoms in total.